The Hall–Kier alpha value is -1.79. The molecule has 29 heavy (non-hydrogen) atoms. The summed E-state index contributed by atoms with van der Waals surface area (Å²) < 4.78 is 0. The van der Waals surface area contributed by atoms with Crippen LogP contribution in [-0.4, -0.2) is 86.0 Å². The molecule has 1 N–H and O–H groups in total. The number of guanidine groups is 1. The van der Waals surface area contributed by atoms with E-state index in [0.717, 1.165) is 50.7 Å². The number of halogens is 1. The van der Waals surface area contributed by atoms with Gasteiger partial charge in [0.1, 0.15) is 0 Å². The molecule has 160 valence electrons. The number of piperazine rings is 1. The van der Waals surface area contributed by atoms with Crippen molar-refractivity contribution in [2.45, 2.75) is 32.1 Å². The molecule has 0 bridgehead atoms. The molecule has 0 atom stereocenters. The Bertz CT molecular complexity index is 682. The summed E-state index contributed by atoms with van der Waals surface area (Å²) in [4.78, 5) is 23.8. The van der Waals surface area contributed by atoms with Gasteiger partial charge < -0.3 is 20.0 Å². The molecule has 7 heteroatoms. The van der Waals surface area contributed by atoms with E-state index in [1.54, 1.807) is 0 Å². The summed E-state index contributed by atoms with van der Waals surface area (Å²) in [7, 11) is 1.84. The summed E-state index contributed by atoms with van der Waals surface area (Å²) in [5.41, 5.74) is 0.969. The molecule has 0 spiro atoms. The van der Waals surface area contributed by atoms with Crippen LogP contribution < -0.4 is 5.32 Å². The molecule has 0 aromatic heterocycles. The molecule has 2 heterocycles. The molecule has 2 aliphatic heterocycles. The summed E-state index contributed by atoms with van der Waals surface area (Å²) >= 11 is 6.02. The van der Waals surface area contributed by atoms with Crippen molar-refractivity contribution in [3.05, 3.63) is 34.9 Å². The van der Waals surface area contributed by atoms with Crippen molar-refractivity contribution in [2.75, 3.05) is 59.4 Å². The van der Waals surface area contributed by atoms with E-state index in [1.807, 2.05) is 36.2 Å². The molecule has 1 amide bonds. The monoisotopic (exact) mass is 419 g/mol. The van der Waals surface area contributed by atoms with Crippen molar-refractivity contribution < 1.29 is 4.79 Å². The zero-order chi connectivity index (χ0) is 20.5. The van der Waals surface area contributed by atoms with E-state index in [2.05, 4.69) is 20.1 Å². The van der Waals surface area contributed by atoms with Crippen molar-refractivity contribution in [3.63, 3.8) is 0 Å². The van der Waals surface area contributed by atoms with E-state index >= 15 is 0 Å². The van der Waals surface area contributed by atoms with E-state index in [9.17, 15) is 4.79 Å². The van der Waals surface area contributed by atoms with E-state index in [1.165, 1.54) is 38.9 Å². The van der Waals surface area contributed by atoms with Gasteiger partial charge in [-0.15, -0.1) is 0 Å². The predicted molar refractivity (Wildman–Crippen MR) is 120 cm³/mol. The first kappa shape index (κ1) is 21.9. The second-order valence-electron chi connectivity index (χ2n) is 7.90. The molecule has 2 saturated heterocycles. The van der Waals surface area contributed by atoms with Crippen LogP contribution in [0.1, 0.15) is 31.2 Å². The van der Waals surface area contributed by atoms with Gasteiger partial charge in [0, 0.05) is 44.8 Å². The predicted octanol–water partition coefficient (Wildman–Crippen LogP) is 2.48. The fourth-order valence-electron chi connectivity index (χ4n) is 4.10. The molecule has 1 aromatic carbocycles. The second kappa shape index (κ2) is 11.4. The highest BCUT2D eigenvalue weighted by Crippen LogP contribution is 2.13. The van der Waals surface area contributed by atoms with E-state index < -0.39 is 0 Å². The number of unbranched alkanes of at least 4 members (excludes halogenated alkanes) is 1. The van der Waals surface area contributed by atoms with Crippen LogP contribution in [0.3, 0.4) is 0 Å². The maximum Gasteiger partial charge on any atom is 0.227 e. The minimum atomic E-state index is 0.164. The number of nitrogens with one attached hydrogen (secondary N) is 1. The maximum absolute atomic E-state index is 12.6. The summed E-state index contributed by atoms with van der Waals surface area (Å²) in [6, 6.07) is 7.55. The van der Waals surface area contributed by atoms with Crippen LogP contribution in [0.25, 0.3) is 0 Å². The minimum Gasteiger partial charge on any atom is -0.356 e. The molecule has 1 aromatic rings. The number of amides is 1. The fraction of sp³-hybridized carbons (Fsp3) is 0.636. The zero-order valence-electron chi connectivity index (χ0n) is 17.6. The number of rotatable bonds is 7. The fourth-order valence-corrected chi connectivity index (χ4v) is 4.31. The molecule has 3 rings (SSSR count). The lowest BCUT2D eigenvalue weighted by atomic mass is 10.1. The molecule has 0 radical (unpaired) electrons. The van der Waals surface area contributed by atoms with Crippen LogP contribution in [0.2, 0.25) is 5.02 Å². The highest BCUT2D eigenvalue weighted by atomic mass is 35.5. The summed E-state index contributed by atoms with van der Waals surface area (Å²) in [6.45, 7) is 7.81. The molecular weight excluding hydrogens is 386 g/mol. The number of carbonyl (C=O) groups excluding carboxylic acids is 1. The van der Waals surface area contributed by atoms with Gasteiger partial charge in [0.25, 0.3) is 0 Å². The third-order valence-electron chi connectivity index (χ3n) is 5.77. The van der Waals surface area contributed by atoms with Crippen molar-refractivity contribution in [3.8, 4) is 0 Å². The molecule has 2 fully saturated rings. The van der Waals surface area contributed by atoms with Crippen molar-refractivity contribution in [1.82, 2.24) is 20.0 Å². The quantitative estimate of drug-likeness (QED) is 0.419. The topological polar surface area (TPSA) is 51.2 Å². The van der Waals surface area contributed by atoms with Gasteiger partial charge in [-0.05, 0) is 63.0 Å². The van der Waals surface area contributed by atoms with E-state index in [4.69, 9.17) is 11.6 Å². The van der Waals surface area contributed by atoms with Crippen LogP contribution >= 0.6 is 11.6 Å². The SMILES string of the molecule is CN=C(NCCCCN1CCCC1)N1CCN(C(=O)Cc2cccc(Cl)c2)CC1. The first-order valence-electron chi connectivity index (χ1n) is 10.9. The number of aliphatic imine (C=N–C) groups is 1. The smallest absolute Gasteiger partial charge is 0.227 e. The first-order valence-corrected chi connectivity index (χ1v) is 11.2. The van der Waals surface area contributed by atoms with Crippen molar-refractivity contribution in [1.29, 1.82) is 0 Å². The van der Waals surface area contributed by atoms with Gasteiger partial charge in [-0.3, -0.25) is 9.79 Å². The highest BCUT2D eigenvalue weighted by Gasteiger charge is 2.23. The van der Waals surface area contributed by atoms with Crippen molar-refractivity contribution in [2.24, 2.45) is 4.99 Å². The second-order valence-corrected chi connectivity index (χ2v) is 8.34. The van der Waals surface area contributed by atoms with Crippen LogP contribution in [0, 0.1) is 0 Å². The first-order chi connectivity index (χ1) is 14.2. The van der Waals surface area contributed by atoms with Crippen LogP contribution in [-0.2, 0) is 11.2 Å². The molecule has 0 saturated carbocycles. The molecular formula is C22H34ClN5O. The van der Waals surface area contributed by atoms with E-state index in [-0.39, 0.29) is 5.91 Å². The Kier molecular flexibility index (Phi) is 8.62. The Labute approximate surface area is 179 Å². The Morgan fingerprint density at radius 1 is 1.07 bits per heavy atom. The van der Waals surface area contributed by atoms with Crippen molar-refractivity contribution >= 4 is 23.5 Å². The van der Waals surface area contributed by atoms with Gasteiger partial charge in [-0.25, -0.2) is 0 Å². The lowest BCUT2D eigenvalue weighted by molar-refractivity contribution is -0.131. The average Bonchev–Trinajstić information content (AvgIpc) is 3.24. The number of carbonyl (C=O) groups is 1. The number of hydrogen-bond donors (Lipinski definition) is 1. The molecule has 0 unspecified atom stereocenters. The van der Waals surface area contributed by atoms with Gasteiger partial charge in [0.2, 0.25) is 5.91 Å². The third-order valence-corrected chi connectivity index (χ3v) is 6.01. The minimum absolute atomic E-state index is 0.164. The van der Waals surface area contributed by atoms with Crippen LogP contribution in [0.15, 0.2) is 29.3 Å². The third kappa shape index (κ3) is 6.89. The molecule has 0 aliphatic carbocycles. The normalized spacial score (nSPS) is 18.3. The maximum atomic E-state index is 12.6. The number of benzene rings is 1. The summed E-state index contributed by atoms with van der Waals surface area (Å²) in [5, 5.41) is 4.17. The highest BCUT2D eigenvalue weighted by molar-refractivity contribution is 6.30. The van der Waals surface area contributed by atoms with Crippen LogP contribution in [0.4, 0.5) is 0 Å². The summed E-state index contributed by atoms with van der Waals surface area (Å²) in [6.07, 6.45) is 5.52. The van der Waals surface area contributed by atoms with Gasteiger partial charge in [-0.1, -0.05) is 23.7 Å². The number of hydrogen-bond acceptors (Lipinski definition) is 3. The largest absolute Gasteiger partial charge is 0.356 e. The lowest BCUT2D eigenvalue weighted by Gasteiger charge is -2.36. The number of likely N-dealkylation sites (tertiary alicyclic amines) is 1. The number of nitrogens with zero attached hydrogens (tertiary/aromatic N) is 4. The Morgan fingerprint density at radius 2 is 1.79 bits per heavy atom. The van der Waals surface area contributed by atoms with Crippen LogP contribution in [0.5, 0.6) is 0 Å². The lowest BCUT2D eigenvalue weighted by Crippen LogP contribution is -2.54. The van der Waals surface area contributed by atoms with Gasteiger partial charge >= 0.3 is 0 Å². The summed E-state index contributed by atoms with van der Waals surface area (Å²) in [5.74, 6) is 1.12. The van der Waals surface area contributed by atoms with Gasteiger partial charge in [-0.2, -0.15) is 0 Å². The Morgan fingerprint density at radius 3 is 2.48 bits per heavy atom. The molecule has 6 nitrogen and oxygen atoms in total. The standard InChI is InChI=1S/C22H34ClN5O/c1-24-22(25-9-2-3-10-26-11-4-5-12-26)28-15-13-27(14-16-28)21(29)18-19-7-6-8-20(23)17-19/h6-8,17H,2-5,9-16,18H2,1H3,(H,24,25). The molecule has 2 aliphatic rings. The van der Waals surface area contributed by atoms with E-state index in [0.29, 0.717) is 11.4 Å². The average molecular weight is 420 g/mol. The zero-order valence-corrected chi connectivity index (χ0v) is 18.3. The Balaban J connectivity index is 1.35. The van der Waals surface area contributed by atoms with Gasteiger partial charge in [0.15, 0.2) is 5.96 Å². The van der Waals surface area contributed by atoms with Gasteiger partial charge in [0.05, 0.1) is 6.42 Å².